The van der Waals surface area contributed by atoms with E-state index < -0.39 is 0 Å². The Morgan fingerprint density at radius 1 is 1.23 bits per heavy atom. The van der Waals surface area contributed by atoms with Crippen LogP contribution >= 0.6 is 11.6 Å². The Morgan fingerprint density at radius 2 is 2.10 bits per heavy atom. The first-order valence-corrected chi connectivity index (χ1v) is 13.2. The lowest BCUT2D eigenvalue weighted by atomic mass is 9.90. The van der Waals surface area contributed by atoms with Gasteiger partial charge in [0.2, 0.25) is 5.91 Å². The molecule has 0 saturated carbocycles. The summed E-state index contributed by atoms with van der Waals surface area (Å²) in [6, 6.07) is 14.8. The monoisotopic (exact) mass is 552 g/mol. The maximum absolute atomic E-state index is 12.3. The smallest absolute Gasteiger partial charge is 0.247 e. The summed E-state index contributed by atoms with van der Waals surface area (Å²) in [6.07, 6.45) is 5.43. The molecular formula is C31H29ClN6O2. The van der Waals surface area contributed by atoms with Gasteiger partial charge in [-0.25, -0.2) is 9.97 Å². The van der Waals surface area contributed by atoms with Crippen molar-refractivity contribution in [2.24, 2.45) is 5.41 Å². The average Bonchev–Trinajstić information content (AvgIpc) is 3.30. The van der Waals surface area contributed by atoms with Crippen LogP contribution in [0.25, 0.3) is 10.9 Å². The van der Waals surface area contributed by atoms with Gasteiger partial charge in [0.05, 0.1) is 27.5 Å². The molecule has 3 heterocycles. The normalized spacial score (nSPS) is 16.7. The Morgan fingerprint density at radius 3 is 2.83 bits per heavy atom. The zero-order chi connectivity index (χ0) is 28.1. The van der Waals surface area contributed by atoms with Gasteiger partial charge in [0, 0.05) is 29.2 Å². The number of nitrogens with one attached hydrogen (secondary N) is 2. The third kappa shape index (κ3) is 6.40. The van der Waals surface area contributed by atoms with E-state index in [9.17, 15) is 4.79 Å². The van der Waals surface area contributed by atoms with Crippen molar-refractivity contribution in [1.29, 1.82) is 0 Å². The van der Waals surface area contributed by atoms with Crippen molar-refractivity contribution in [3.8, 4) is 17.6 Å². The Bertz CT molecular complexity index is 1630. The molecular weight excluding hydrogens is 524 g/mol. The number of carbonyl (C=O) groups excluding carboxylic acids is 1. The van der Waals surface area contributed by atoms with Gasteiger partial charge in [-0.15, -0.1) is 0 Å². The van der Waals surface area contributed by atoms with Crippen molar-refractivity contribution in [2.75, 3.05) is 30.8 Å². The fraction of sp³-hybridized carbons (Fsp3) is 0.226. The molecule has 2 N–H and O–H groups in total. The highest BCUT2D eigenvalue weighted by Crippen LogP contribution is 2.33. The molecule has 40 heavy (non-hydrogen) atoms. The van der Waals surface area contributed by atoms with Crippen LogP contribution in [0.4, 0.5) is 17.2 Å². The molecule has 202 valence electrons. The van der Waals surface area contributed by atoms with Crippen LogP contribution in [0.15, 0.2) is 73.7 Å². The molecule has 0 radical (unpaired) electrons. The first kappa shape index (κ1) is 27.1. The van der Waals surface area contributed by atoms with Crippen LogP contribution in [0.2, 0.25) is 5.02 Å². The van der Waals surface area contributed by atoms with Crippen LogP contribution in [0.1, 0.15) is 24.6 Å². The number of amides is 1. The second-order valence-corrected chi connectivity index (χ2v) is 10.4. The van der Waals surface area contributed by atoms with E-state index in [1.165, 1.54) is 12.4 Å². The molecule has 4 aromatic rings. The molecule has 1 saturated heterocycles. The molecule has 1 unspecified atom stereocenters. The Hall–Kier alpha value is -4.45. The molecule has 9 heteroatoms. The van der Waals surface area contributed by atoms with E-state index in [0.29, 0.717) is 51.0 Å². The van der Waals surface area contributed by atoms with Crippen molar-refractivity contribution >= 4 is 45.6 Å². The van der Waals surface area contributed by atoms with Crippen LogP contribution < -0.4 is 15.4 Å². The predicted molar refractivity (Wildman–Crippen MR) is 159 cm³/mol. The highest BCUT2D eigenvalue weighted by Gasteiger charge is 2.30. The largest absolute Gasteiger partial charge is 0.486 e. The standard InChI is InChI=1S/C31H29ClN6O2/c1-4-29(39)37-26-17-24-27(15-21(26)10-11-31(2)12-14-38(3)19-31)34-20-35-30(24)36-22-8-9-28(25(32)16-22)40-18-23-7-5-6-13-33-23/h4-9,13,15-17,20H,1,12,14,18-19H2,2-3H3,(H,37,39)(H,34,35,36). The van der Waals surface area contributed by atoms with Crippen LogP contribution in [0, 0.1) is 17.3 Å². The second kappa shape index (κ2) is 11.7. The molecule has 2 aromatic carbocycles. The number of aromatic nitrogens is 3. The van der Waals surface area contributed by atoms with Gasteiger partial charge in [-0.3, -0.25) is 9.78 Å². The molecule has 1 amide bonds. The van der Waals surface area contributed by atoms with Crippen molar-refractivity contribution in [1.82, 2.24) is 19.9 Å². The maximum atomic E-state index is 12.3. The predicted octanol–water partition coefficient (Wildman–Crippen LogP) is 5.82. The van der Waals surface area contributed by atoms with Crippen LogP contribution in [0.3, 0.4) is 0 Å². The van der Waals surface area contributed by atoms with Gasteiger partial charge in [-0.2, -0.15) is 0 Å². The van der Waals surface area contributed by atoms with Crippen LogP contribution in [-0.2, 0) is 11.4 Å². The summed E-state index contributed by atoms with van der Waals surface area (Å²) in [5, 5.41) is 7.36. The summed E-state index contributed by atoms with van der Waals surface area (Å²) < 4.78 is 5.84. The van der Waals surface area contributed by atoms with E-state index in [1.807, 2.05) is 36.4 Å². The molecule has 1 atom stereocenters. The van der Waals surface area contributed by atoms with Gasteiger partial charge < -0.3 is 20.3 Å². The molecule has 2 aromatic heterocycles. The number of likely N-dealkylation sites (tertiary alicyclic amines) is 1. The summed E-state index contributed by atoms with van der Waals surface area (Å²) in [4.78, 5) is 27.7. The Kier molecular flexibility index (Phi) is 7.96. The first-order chi connectivity index (χ1) is 19.3. The quantitative estimate of drug-likeness (QED) is 0.220. The zero-order valence-corrected chi connectivity index (χ0v) is 23.1. The number of halogens is 1. The molecule has 8 nitrogen and oxygen atoms in total. The van der Waals surface area contributed by atoms with Crippen LogP contribution in [0.5, 0.6) is 5.75 Å². The molecule has 1 aliphatic rings. The van der Waals surface area contributed by atoms with Crippen molar-refractivity contribution in [3.05, 3.63) is 90.0 Å². The summed E-state index contributed by atoms with van der Waals surface area (Å²) in [5.74, 6) is 7.51. The number of hydrogen-bond acceptors (Lipinski definition) is 7. The van der Waals surface area contributed by atoms with Gasteiger partial charge in [0.25, 0.3) is 0 Å². The number of ether oxygens (including phenoxy) is 1. The second-order valence-electron chi connectivity index (χ2n) is 10.0. The van der Waals surface area contributed by atoms with E-state index in [0.717, 1.165) is 25.2 Å². The maximum Gasteiger partial charge on any atom is 0.247 e. The molecule has 1 aliphatic heterocycles. The van der Waals surface area contributed by atoms with Gasteiger partial charge in [0.15, 0.2) is 0 Å². The highest BCUT2D eigenvalue weighted by molar-refractivity contribution is 6.32. The van der Waals surface area contributed by atoms with E-state index >= 15 is 0 Å². The van der Waals surface area contributed by atoms with E-state index in [-0.39, 0.29) is 11.3 Å². The summed E-state index contributed by atoms with van der Waals surface area (Å²) in [5.41, 5.74) is 3.34. The first-order valence-electron chi connectivity index (χ1n) is 12.8. The molecule has 1 fully saturated rings. The SMILES string of the molecule is C=CC(=O)Nc1cc2c(Nc3ccc(OCc4ccccn4)c(Cl)c3)ncnc2cc1C#CC1(C)CCN(C)C1. The molecule has 0 spiro atoms. The molecule has 0 bridgehead atoms. The number of fused-ring (bicyclic) bond motifs is 1. The number of pyridine rings is 1. The minimum absolute atomic E-state index is 0.117. The third-order valence-electron chi connectivity index (χ3n) is 6.68. The average molecular weight is 553 g/mol. The fourth-order valence-corrected chi connectivity index (χ4v) is 4.81. The number of carbonyl (C=O) groups is 1. The Balaban J connectivity index is 1.43. The highest BCUT2D eigenvalue weighted by atomic mass is 35.5. The lowest BCUT2D eigenvalue weighted by molar-refractivity contribution is -0.111. The number of rotatable bonds is 7. The van der Waals surface area contributed by atoms with E-state index in [4.69, 9.17) is 16.3 Å². The summed E-state index contributed by atoms with van der Waals surface area (Å²) in [7, 11) is 2.10. The zero-order valence-electron chi connectivity index (χ0n) is 22.4. The van der Waals surface area contributed by atoms with Crippen molar-refractivity contribution in [3.63, 3.8) is 0 Å². The van der Waals surface area contributed by atoms with Crippen molar-refractivity contribution < 1.29 is 9.53 Å². The summed E-state index contributed by atoms with van der Waals surface area (Å²) >= 11 is 6.51. The van der Waals surface area contributed by atoms with Gasteiger partial charge in [0.1, 0.15) is 24.5 Å². The van der Waals surface area contributed by atoms with E-state index in [1.54, 1.807) is 18.3 Å². The summed E-state index contributed by atoms with van der Waals surface area (Å²) in [6.45, 7) is 7.96. The lowest BCUT2D eigenvalue weighted by Crippen LogP contribution is -2.20. The minimum Gasteiger partial charge on any atom is -0.486 e. The van der Waals surface area contributed by atoms with Crippen molar-refractivity contribution in [2.45, 2.75) is 20.0 Å². The van der Waals surface area contributed by atoms with Crippen LogP contribution in [-0.4, -0.2) is 45.9 Å². The number of hydrogen-bond donors (Lipinski definition) is 2. The molecule has 0 aliphatic carbocycles. The fourth-order valence-electron chi connectivity index (χ4n) is 4.57. The van der Waals surface area contributed by atoms with Gasteiger partial charge in [-0.05, 0) is 75.5 Å². The third-order valence-corrected chi connectivity index (χ3v) is 6.97. The topological polar surface area (TPSA) is 92.3 Å². The van der Waals surface area contributed by atoms with Gasteiger partial charge >= 0.3 is 0 Å². The van der Waals surface area contributed by atoms with E-state index in [2.05, 4.69) is 62.9 Å². The minimum atomic E-state index is -0.325. The lowest BCUT2D eigenvalue weighted by Gasteiger charge is -2.16. The molecule has 5 rings (SSSR count). The van der Waals surface area contributed by atoms with Gasteiger partial charge in [-0.1, -0.05) is 36.1 Å². The number of benzene rings is 2. The Labute approximate surface area is 238 Å². The number of nitrogens with zero attached hydrogens (tertiary/aromatic N) is 4. The number of anilines is 3.